The van der Waals surface area contributed by atoms with Crippen LogP contribution in [0.15, 0.2) is 37.2 Å². The number of alkyl halides is 3. The standard InChI is InChI=1S/C14H15F3N4/c1-2-4-21-13(10-6-19-9-20-7-10)11-8-18-5-3-12(11)14(15,16)17/h3,5-9,13,21H,2,4H2,1H3. The molecule has 2 rings (SSSR count). The summed E-state index contributed by atoms with van der Waals surface area (Å²) in [5.74, 6) is 0. The van der Waals surface area contributed by atoms with Gasteiger partial charge in [0.25, 0.3) is 0 Å². The average Bonchev–Trinajstić information content (AvgIpc) is 2.48. The first-order chi connectivity index (χ1) is 10.0. The van der Waals surface area contributed by atoms with Crippen LogP contribution in [0.25, 0.3) is 0 Å². The average molecular weight is 296 g/mol. The van der Waals surface area contributed by atoms with Gasteiger partial charge in [-0.3, -0.25) is 4.98 Å². The van der Waals surface area contributed by atoms with Gasteiger partial charge in [-0.2, -0.15) is 13.2 Å². The van der Waals surface area contributed by atoms with Gasteiger partial charge in [-0.25, -0.2) is 9.97 Å². The van der Waals surface area contributed by atoms with Crippen molar-refractivity contribution in [2.75, 3.05) is 6.54 Å². The molecule has 0 spiro atoms. The topological polar surface area (TPSA) is 50.7 Å². The van der Waals surface area contributed by atoms with E-state index in [2.05, 4.69) is 20.3 Å². The first kappa shape index (κ1) is 15.4. The number of hydrogen-bond acceptors (Lipinski definition) is 4. The van der Waals surface area contributed by atoms with Crippen LogP contribution in [-0.2, 0) is 6.18 Å². The van der Waals surface area contributed by atoms with Crippen molar-refractivity contribution < 1.29 is 13.2 Å². The molecule has 1 N–H and O–H groups in total. The smallest absolute Gasteiger partial charge is 0.306 e. The third-order valence-corrected chi connectivity index (χ3v) is 2.98. The summed E-state index contributed by atoms with van der Waals surface area (Å²) in [6.45, 7) is 2.52. The minimum absolute atomic E-state index is 0.0771. The van der Waals surface area contributed by atoms with Crippen molar-refractivity contribution in [2.24, 2.45) is 0 Å². The molecule has 1 unspecified atom stereocenters. The van der Waals surface area contributed by atoms with E-state index < -0.39 is 17.8 Å². The van der Waals surface area contributed by atoms with E-state index in [1.165, 1.54) is 24.9 Å². The molecule has 0 fully saturated rings. The summed E-state index contributed by atoms with van der Waals surface area (Å²) in [5, 5.41) is 3.09. The molecule has 2 aromatic rings. The second-order valence-corrected chi connectivity index (χ2v) is 4.52. The highest BCUT2D eigenvalue weighted by molar-refractivity contribution is 5.35. The van der Waals surface area contributed by atoms with Crippen molar-refractivity contribution >= 4 is 0 Å². The first-order valence-electron chi connectivity index (χ1n) is 6.53. The van der Waals surface area contributed by atoms with Gasteiger partial charge in [0, 0.05) is 35.9 Å². The van der Waals surface area contributed by atoms with E-state index in [0.717, 1.165) is 18.7 Å². The Hall–Kier alpha value is -2.02. The Morgan fingerprint density at radius 2 is 1.86 bits per heavy atom. The zero-order chi connectivity index (χ0) is 15.3. The maximum Gasteiger partial charge on any atom is 0.416 e. The normalized spacial score (nSPS) is 13.1. The van der Waals surface area contributed by atoms with Crippen LogP contribution in [0.4, 0.5) is 13.2 Å². The van der Waals surface area contributed by atoms with Crippen molar-refractivity contribution in [3.8, 4) is 0 Å². The van der Waals surface area contributed by atoms with Crippen LogP contribution >= 0.6 is 0 Å². The number of aromatic nitrogens is 3. The highest BCUT2D eigenvalue weighted by Crippen LogP contribution is 2.35. The molecule has 0 aliphatic carbocycles. The van der Waals surface area contributed by atoms with Gasteiger partial charge in [0.05, 0.1) is 11.6 Å². The van der Waals surface area contributed by atoms with Gasteiger partial charge in [-0.1, -0.05) is 6.92 Å². The Labute approximate surface area is 120 Å². The Balaban J connectivity index is 2.47. The molecule has 4 nitrogen and oxygen atoms in total. The van der Waals surface area contributed by atoms with E-state index in [4.69, 9.17) is 0 Å². The summed E-state index contributed by atoms with van der Waals surface area (Å²) < 4.78 is 39.5. The zero-order valence-corrected chi connectivity index (χ0v) is 11.4. The molecule has 0 aliphatic heterocycles. The van der Waals surface area contributed by atoms with Crippen LogP contribution in [0.1, 0.15) is 36.1 Å². The molecule has 21 heavy (non-hydrogen) atoms. The fourth-order valence-electron chi connectivity index (χ4n) is 2.05. The second-order valence-electron chi connectivity index (χ2n) is 4.52. The Kier molecular flexibility index (Phi) is 4.85. The number of halogens is 3. The molecular weight excluding hydrogens is 281 g/mol. The van der Waals surface area contributed by atoms with Gasteiger partial charge in [-0.05, 0) is 19.0 Å². The molecular formula is C14H15F3N4. The number of nitrogens with one attached hydrogen (secondary N) is 1. The molecule has 2 heterocycles. The molecule has 112 valence electrons. The van der Waals surface area contributed by atoms with E-state index >= 15 is 0 Å². The van der Waals surface area contributed by atoms with E-state index in [1.807, 2.05) is 6.92 Å². The molecule has 2 aromatic heterocycles. The molecule has 7 heteroatoms. The first-order valence-corrected chi connectivity index (χ1v) is 6.53. The molecule has 0 saturated carbocycles. The van der Waals surface area contributed by atoms with Crippen LogP contribution in [0, 0.1) is 0 Å². The van der Waals surface area contributed by atoms with Gasteiger partial charge >= 0.3 is 6.18 Å². The third-order valence-electron chi connectivity index (χ3n) is 2.98. The van der Waals surface area contributed by atoms with E-state index in [1.54, 1.807) is 0 Å². The predicted molar refractivity (Wildman–Crippen MR) is 71.4 cm³/mol. The predicted octanol–water partition coefficient (Wildman–Crippen LogP) is 2.98. The monoisotopic (exact) mass is 296 g/mol. The molecule has 0 saturated heterocycles. The van der Waals surface area contributed by atoms with Gasteiger partial charge in [0.2, 0.25) is 0 Å². The van der Waals surface area contributed by atoms with Gasteiger partial charge in [-0.15, -0.1) is 0 Å². The Morgan fingerprint density at radius 3 is 2.48 bits per heavy atom. The lowest BCUT2D eigenvalue weighted by Gasteiger charge is -2.22. The molecule has 0 radical (unpaired) electrons. The minimum Gasteiger partial charge on any atom is -0.306 e. The van der Waals surface area contributed by atoms with Crippen molar-refractivity contribution in [1.82, 2.24) is 20.3 Å². The van der Waals surface area contributed by atoms with Crippen LogP contribution in [-0.4, -0.2) is 21.5 Å². The second kappa shape index (κ2) is 6.62. The highest BCUT2D eigenvalue weighted by Gasteiger charge is 2.35. The van der Waals surface area contributed by atoms with Crippen molar-refractivity contribution in [3.63, 3.8) is 0 Å². The zero-order valence-electron chi connectivity index (χ0n) is 11.4. The van der Waals surface area contributed by atoms with Crippen LogP contribution in [0.2, 0.25) is 0 Å². The number of hydrogen-bond donors (Lipinski definition) is 1. The lowest BCUT2D eigenvalue weighted by Crippen LogP contribution is -2.26. The molecule has 0 bridgehead atoms. The summed E-state index contributed by atoms with van der Waals surface area (Å²) in [5.41, 5.74) is -0.0485. The fourth-order valence-corrected chi connectivity index (χ4v) is 2.05. The van der Waals surface area contributed by atoms with Crippen LogP contribution in [0.3, 0.4) is 0 Å². The number of nitrogens with zero attached hydrogens (tertiary/aromatic N) is 3. The van der Waals surface area contributed by atoms with E-state index in [-0.39, 0.29) is 5.56 Å². The van der Waals surface area contributed by atoms with Gasteiger partial charge < -0.3 is 5.32 Å². The maximum atomic E-state index is 13.2. The van der Waals surface area contributed by atoms with Gasteiger partial charge in [0.1, 0.15) is 6.33 Å². The van der Waals surface area contributed by atoms with Crippen molar-refractivity contribution in [2.45, 2.75) is 25.6 Å². The number of pyridine rings is 1. The molecule has 1 atom stereocenters. The van der Waals surface area contributed by atoms with Gasteiger partial charge in [0.15, 0.2) is 0 Å². The largest absolute Gasteiger partial charge is 0.416 e. The van der Waals surface area contributed by atoms with Crippen LogP contribution in [0.5, 0.6) is 0 Å². The summed E-state index contributed by atoms with van der Waals surface area (Å²) in [6, 6.07) is 0.344. The molecule has 0 aromatic carbocycles. The van der Waals surface area contributed by atoms with Crippen molar-refractivity contribution in [3.05, 3.63) is 53.9 Å². The Bertz CT molecular complexity index is 572. The summed E-state index contributed by atoms with van der Waals surface area (Å²) in [4.78, 5) is 11.6. The SMILES string of the molecule is CCCNC(c1cncnc1)c1cnccc1C(F)(F)F. The molecule has 0 amide bonds. The van der Waals surface area contributed by atoms with Crippen LogP contribution < -0.4 is 5.32 Å². The lowest BCUT2D eigenvalue weighted by molar-refractivity contribution is -0.138. The molecule has 0 aliphatic rings. The number of rotatable bonds is 5. The fraction of sp³-hybridized carbons (Fsp3) is 0.357. The maximum absolute atomic E-state index is 13.2. The Morgan fingerprint density at radius 1 is 1.14 bits per heavy atom. The van der Waals surface area contributed by atoms with E-state index in [9.17, 15) is 13.2 Å². The lowest BCUT2D eigenvalue weighted by atomic mass is 9.97. The quantitative estimate of drug-likeness (QED) is 0.921. The van der Waals surface area contributed by atoms with Crippen molar-refractivity contribution in [1.29, 1.82) is 0 Å². The summed E-state index contributed by atoms with van der Waals surface area (Å²) in [7, 11) is 0. The van der Waals surface area contributed by atoms with E-state index in [0.29, 0.717) is 12.1 Å². The highest BCUT2D eigenvalue weighted by atomic mass is 19.4. The summed E-state index contributed by atoms with van der Waals surface area (Å²) >= 11 is 0. The third kappa shape index (κ3) is 3.75. The summed E-state index contributed by atoms with van der Waals surface area (Å²) in [6.07, 6.45) is 3.11. The minimum atomic E-state index is -4.43.